The maximum absolute atomic E-state index is 11.7. The van der Waals surface area contributed by atoms with Gasteiger partial charge in [-0.1, -0.05) is 6.07 Å². The summed E-state index contributed by atoms with van der Waals surface area (Å²) in [5, 5.41) is 0. The van der Waals surface area contributed by atoms with Crippen LogP contribution in [0.3, 0.4) is 0 Å². The SMILES string of the molecule is COC(=O)C1(N)CCC(Oc2ccc3c(c2)CCC3)C1. The van der Waals surface area contributed by atoms with Crippen molar-refractivity contribution in [2.45, 2.75) is 50.2 Å². The maximum Gasteiger partial charge on any atom is 0.325 e. The monoisotopic (exact) mass is 275 g/mol. The number of methoxy groups -OCH3 is 1. The molecule has 1 aromatic carbocycles. The molecule has 0 heterocycles. The quantitative estimate of drug-likeness (QED) is 0.857. The lowest BCUT2D eigenvalue weighted by molar-refractivity contribution is -0.147. The van der Waals surface area contributed by atoms with Gasteiger partial charge in [-0.2, -0.15) is 0 Å². The molecular weight excluding hydrogens is 254 g/mol. The summed E-state index contributed by atoms with van der Waals surface area (Å²) in [6.45, 7) is 0. The number of carbonyl (C=O) groups is 1. The molecule has 0 aromatic heterocycles. The predicted octanol–water partition coefficient (Wildman–Crippen LogP) is 1.98. The Kier molecular flexibility index (Phi) is 3.42. The Hall–Kier alpha value is -1.55. The van der Waals surface area contributed by atoms with Crippen LogP contribution in [0.2, 0.25) is 0 Å². The Morgan fingerprint density at radius 1 is 1.35 bits per heavy atom. The molecule has 4 nitrogen and oxygen atoms in total. The first-order valence-corrected chi connectivity index (χ1v) is 7.26. The molecule has 0 aliphatic heterocycles. The highest BCUT2D eigenvalue weighted by atomic mass is 16.5. The van der Waals surface area contributed by atoms with Crippen molar-refractivity contribution >= 4 is 5.97 Å². The summed E-state index contributed by atoms with van der Waals surface area (Å²) in [5.41, 5.74) is 8.05. The Balaban J connectivity index is 1.66. The number of aryl methyl sites for hydroxylation is 2. The average molecular weight is 275 g/mol. The number of rotatable bonds is 3. The van der Waals surface area contributed by atoms with E-state index in [2.05, 4.69) is 12.1 Å². The summed E-state index contributed by atoms with van der Waals surface area (Å²) < 4.78 is 10.8. The molecule has 1 fully saturated rings. The first-order chi connectivity index (χ1) is 9.60. The zero-order chi connectivity index (χ0) is 14.2. The van der Waals surface area contributed by atoms with E-state index in [-0.39, 0.29) is 12.1 Å². The molecule has 2 unspecified atom stereocenters. The average Bonchev–Trinajstić information content (AvgIpc) is 3.05. The highest BCUT2D eigenvalue weighted by Crippen LogP contribution is 2.33. The molecular formula is C16H21NO3. The van der Waals surface area contributed by atoms with Gasteiger partial charge < -0.3 is 15.2 Å². The van der Waals surface area contributed by atoms with Gasteiger partial charge >= 0.3 is 5.97 Å². The van der Waals surface area contributed by atoms with Crippen molar-refractivity contribution in [3.63, 3.8) is 0 Å². The standard InChI is InChI=1S/C16H21NO3/c1-19-15(18)16(17)8-7-14(10-16)20-13-6-5-11-3-2-4-12(11)9-13/h5-6,9,14H,2-4,7-8,10,17H2,1H3. The molecule has 1 saturated carbocycles. The van der Waals surface area contributed by atoms with Crippen molar-refractivity contribution in [2.75, 3.05) is 7.11 Å². The summed E-state index contributed by atoms with van der Waals surface area (Å²) in [4.78, 5) is 11.7. The van der Waals surface area contributed by atoms with Crippen molar-refractivity contribution in [3.05, 3.63) is 29.3 Å². The summed E-state index contributed by atoms with van der Waals surface area (Å²) in [7, 11) is 1.38. The number of fused-ring (bicyclic) bond motifs is 1. The number of ether oxygens (including phenoxy) is 2. The Labute approximate surface area is 119 Å². The van der Waals surface area contributed by atoms with Gasteiger partial charge in [-0.15, -0.1) is 0 Å². The van der Waals surface area contributed by atoms with E-state index in [1.807, 2.05) is 6.07 Å². The van der Waals surface area contributed by atoms with Crippen molar-refractivity contribution in [1.29, 1.82) is 0 Å². The largest absolute Gasteiger partial charge is 0.490 e. The summed E-state index contributed by atoms with van der Waals surface area (Å²) >= 11 is 0. The highest BCUT2D eigenvalue weighted by molar-refractivity contribution is 5.80. The third-order valence-corrected chi connectivity index (χ3v) is 4.47. The van der Waals surface area contributed by atoms with Crippen LogP contribution in [0, 0.1) is 0 Å². The molecule has 0 amide bonds. The molecule has 2 N–H and O–H groups in total. The predicted molar refractivity (Wildman–Crippen MR) is 75.7 cm³/mol. The minimum absolute atomic E-state index is 0.00134. The summed E-state index contributed by atoms with van der Waals surface area (Å²) in [5.74, 6) is 0.558. The summed E-state index contributed by atoms with van der Waals surface area (Å²) in [6, 6.07) is 6.32. The van der Waals surface area contributed by atoms with Crippen molar-refractivity contribution in [3.8, 4) is 5.75 Å². The van der Waals surface area contributed by atoms with Crippen LogP contribution in [-0.4, -0.2) is 24.7 Å². The fourth-order valence-electron chi connectivity index (χ4n) is 3.33. The number of hydrogen-bond acceptors (Lipinski definition) is 4. The van der Waals surface area contributed by atoms with E-state index >= 15 is 0 Å². The molecule has 0 spiro atoms. The molecule has 2 atom stereocenters. The molecule has 2 aliphatic rings. The van der Waals surface area contributed by atoms with E-state index in [9.17, 15) is 4.79 Å². The van der Waals surface area contributed by atoms with E-state index in [0.29, 0.717) is 12.8 Å². The first kappa shape index (κ1) is 13.4. The van der Waals surface area contributed by atoms with E-state index in [4.69, 9.17) is 15.2 Å². The molecule has 3 rings (SSSR count). The van der Waals surface area contributed by atoms with Crippen LogP contribution in [-0.2, 0) is 22.4 Å². The van der Waals surface area contributed by atoms with Crippen molar-refractivity contribution in [2.24, 2.45) is 5.73 Å². The van der Waals surface area contributed by atoms with Gasteiger partial charge in [-0.3, -0.25) is 4.79 Å². The topological polar surface area (TPSA) is 61.5 Å². The van der Waals surface area contributed by atoms with Crippen LogP contribution in [0.25, 0.3) is 0 Å². The van der Waals surface area contributed by atoms with Gasteiger partial charge in [0.15, 0.2) is 0 Å². The molecule has 20 heavy (non-hydrogen) atoms. The van der Waals surface area contributed by atoms with Gasteiger partial charge in [-0.25, -0.2) is 0 Å². The van der Waals surface area contributed by atoms with Crippen LogP contribution in [0.15, 0.2) is 18.2 Å². The smallest absolute Gasteiger partial charge is 0.325 e. The summed E-state index contributed by atoms with van der Waals surface area (Å²) in [6.07, 6.45) is 5.48. The number of benzene rings is 1. The lowest BCUT2D eigenvalue weighted by Crippen LogP contribution is -2.47. The fourth-order valence-corrected chi connectivity index (χ4v) is 3.33. The second-order valence-corrected chi connectivity index (χ2v) is 5.91. The second kappa shape index (κ2) is 5.09. The van der Waals surface area contributed by atoms with Crippen molar-refractivity contribution in [1.82, 2.24) is 0 Å². The maximum atomic E-state index is 11.7. The molecule has 0 bridgehead atoms. The van der Waals surface area contributed by atoms with Gasteiger partial charge in [0.05, 0.1) is 7.11 Å². The molecule has 108 valence electrons. The van der Waals surface area contributed by atoms with Gasteiger partial charge in [0.25, 0.3) is 0 Å². The zero-order valence-electron chi connectivity index (χ0n) is 11.9. The van der Waals surface area contributed by atoms with E-state index in [0.717, 1.165) is 18.6 Å². The zero-order valence-corrected chi connectivity index (χ0v) is 11.9. The normalized spacial score (nSPS) is 28.2. The lowest BCUT2D eigenvalue weighted by atomic mass is 10.00. The number of nitrogens with two attached hydrogens (primary N) is 1. The van der Waals surface area contributed by atoms with Crippen LogP contribution >= 0.6 is 0 Å². The Morgan fingerprint density at radius 2 is 2.15 bits per heavy atom. The van der Waals surface area contributed by atoms with Crippen LogP contribution < -0.4 is 10.5 Å². The molecule has 4 heteroatoms. The molecule has 2 aliphatic carbocycles. The van der Waals surface area contributed by atoms with Gasteiger partial charge in [0.2, 0.25) is 0 Å². The molecule has 0 radical (unpaired) electrons. The number of hydrogen-bond donors (Lipinski definition) is 1. The van der Waals surface area contributed by atoms with Crippen LogP contribution in [0.5, 0.6) is 5.75 Å². The third-order valence-electron chi connectivity index (χ3n) is 4.47. The van der Waals surface area contributed by atoms with E-state index < -0.39 is 5.54 Å². The minimum Gasteiger partial charge on any atom is -0.490 e. The van der Waals surface area contributed by atoms with Gasteiger partial charge in [-0.05, 0) is 55.4 Å². The number of esters is 1. The molecule has 0 saturated heterocycles. The Morgan fingerprint density at radius 3 is 2.95 bits per heavy atom. The Bertz CT molecular complexity index is 528. The third kappa shape index (κ3) is 2.40. The van der Waals surface area contributed by atoms with Gasteiger partial charge in [0, 0.05) is 6.42 Å². The first-order valence-electron chi connectivity index (χ1n) is 7.26. The van der Waals surface area contributed by atoms with Crippen LogP contribution in [0.1, 0.15) is 36.8 Å². The minimum atomic E-state index is -0.879. The van der Waals surface area contributed by atoms with E-state index in [1.54, 1.807) is 0 Å². The van der Waals surface area contributed by atoms with Crippen LogP contribution in [0.4, 0.5) is 0 Å². The fraction of sp³-hybridized carbons (Fsp3) is 0.562. The second-order valence-electron chi connectivity index (χ2n) is 5.91. The lowest BCUT2D eigenvalue weighted by Gasteiger charge is -2.21. The van der Waals surface area contributed by atoms with E-state index in [1.165, 1.54) is 31.1 Å². The molecule has 1 aromatic rings. The van der Waals surface area contributed by atoms with Gasteiger partial charge in [0.1, 0.15) is 17.4 Å². The van der Waals surface area contributed by atoms with Crippen molar-refractivity contribution < 1.29 is 14.3 Å². The number of carbonyl (C=O) groups excluding carboxylic acids is 1. The highest BCUT2D eigenvalue weighted by Gasteiger charge is 2.44.